The molecule has 0 unspecified atom stereocenters. The molecule has 0 aliphatic rings. The quantitative estimate of drug-likeness (QED) is 0.674. The van der Waals surface area contributed by atoms with Crippen molar-refractivity contribution in [2.24, 2.45) is 0 Å². The molecule has 1 aromatic heterocycles. The molecule has 0 radical (unpaired) electrons. The number of aromatic nitrogens is 1. The summed E-state index contributed by atoms with van der Waals surface area (Å²) in [5, 5.41) is 0. The number of esters is 1. The number of nitrogens with zero attached hydrogens (tertiary/aromatic N) is 1. The van der Waals surface area contributed by atoms with Crippen molar-refractivity contribution in [3.05, 3.63) is 78.2 Å². The molecule has 1 heterocycles. The lowest BCUT2D eigenvalue weighted by Gasteiger charge is -2.12. The van der Waals surface area contributed by atoms with Gasteiger partial charge in [0, 0.05) is 5.56 Å². The van der Waals surface area contributed by atoms with Crippen molar-refractivity contribution in [3.8, 4) is 11.5 Å². The fourth-order valence-corrected chi connectivity index (χ4v) is 2.09. The average Bonchev–Trinajstić information content (AvgIpc) is 3.06. The van der Waals surface area contributed by atoms with Crippen molar-refractivity contribution in [1.82, 2.24) is 4.98 Å². The standard InChI is InChI=1S/C18H15NO3/c1-13(14-8-4-2-5-9-14)22-18(20)16-12-21-17(19-16)15-10-6-3-7-11-15/h2-13H,1H3/t13-/m0/s1. The Bertz CT molecular complexity index is 750. The Hall–Kier alpha value is -2.88. The number of benzene rings is 2. The van der Waals surface area contributed by atoms with Crippen LogP contribution >= 0.6 is 0 Å². The molecule has 0 bridgehead atoms. The van der Waals surface area contributed by atoms with Crippen LogP contribution in [0.15, 0.2) is 71.3 Å². The van der Waals surface area contributed by atoms with Gasteiger partial charge in [0.1, 0.15) is 12.4 Å². The highest BCUT2D eigenvalue weighted by Crippen LogP contribution is 2.21. The van der Waals surface area contributed by atoms with Gasteiger partial charge in [-0.05, 0) is 24.6 Å². The van der Waals surface area contributed by atoms with Gasteiger partial charge in [-0.2, -0.15) is 0 Å². The van der Waals surface area contributed by atoms with Crippen LogP contribution in [0.2, 0.25) is 0 Å². The lowest BCUT2D eigenvalue weighted by atomic mass is 10.1. The molecule has 0 saturated heterocycles. The summed E-state index contributed by atoms with van der Waals surface area (Å²) in [6.45, 7) is 1.82. The molecule has 4 heteroatoms. The van der Waals surface area contributed by atoms with Gasteiger partial charge in [0.15, 0.2) is 5.69 Å². The van der Waals surface area contributed by atoms with Crippen LogP contribution < -0.4 is 0 Å². The van der Waals surface area contributed by atoms with Crippen LogP contribution in [0.1, 0.15) is 29.1 Å². The molecule has 3 aromatic rings. The lowest BCUT2D eigenvalue weighted by Crippen LogP contribution is -2.09. The highest BCUT2D eigenvalue weighted by atomic mass is 16.5. The van der Waals surface area contributed by atoms with Crippen molar-refractivity contribution < 1.29 is 13.9 Å². The predicted octanol–water partition coefficient (Wildman–Crippen LogP) is 4.26. The number of hydrogen-bond acceptors (Lipinski definition) is 4. The van der Waals surface area contributed by atoms with Crippen molar-refractivity contribution in [1.29, 1.82) is 0 Å². The summed E-state index contributed by atoms with van der Waals surface area (Å²) >= 11 is 0. The van der Waals surface area contributed by atoms with Crippen LogP contribution in [-0.2, 0) is 4.74 Å². The molecule has 0 saturated carbocycles. The van der Waals surface area contributed by atoms with E-state index >= 15 is 0 Å². The third-order valence-electron chi connectivity index (χ3n) is 3.29. The van der Waals surface area contributed by atoms with E-state index in [0.717, 1.165) is 11.1 Å². The van der Waals surface area contributed by atoms with Crippen LogP contribution in [-0.4, -0.2) is 11.0 Å². The van der Waals surface area contributed by atoms with Crippen molar-refractivity contribution in [2.75, 3.05) is 0 Å². The number of ether oxygens (including phenoxy) is 1. The van der Waals surface area contributed by atoms with E-state index in [1.807, 2.05) is 67.6 Å². The molecular weight excluding hydrogens is 278 g/mol. The van der Waals surface area contributed by atoms with Crippen molar-refractivity contribution in [3.63, 3.8) is 0 Å². The Balaban J connectivity index is 1.72. The second kappa shape index (κ2) is 6.26. The van der Waals surface area contributed by atoms with E-state index in [4.69, 9.17) is 9.15 Å². The molecule has 22 heavy (non-hydrogen) atoms. The third kappa shape index (κ3) is 3.06. The van der Waals surface area contributed by atoms with Gasteiger partial charge in [-0.15, -0.1) is 0 Å². The number of hydrogen-bond donors (Lipinski definition) is 0. The first-order chi connectivity index (χ1) is 10.7. The van der Waals surface area contributed by atoms with Crippen LogP contribution in [0.5, 0.6) is 0 Å². The van der Waals surface area contributed by atoms with Crippen molar-refractivity contribution in [2.45, 2.75) is 13.0 Å². The Morgan fingerprint density at radius 3 is 2.36 bits per heavy atom. The van der Waals surface area contributed by atoms with E-state index in [-0.39, 0.29) is 11.8 Å². The molecule has 0 aliphatic carbocycles. The zero-order chi connectivity index (χ0) is 15.4. The molecule has 0 N–H and O–H groups in total. The molecule has 4 nitrogen and oxygen atoms in total. The topological polar surface area (TPSA) is 52.3 Å². The molecule has 0 fully saturated rings. The molecule has 0 amide bonds. The maximum atomic E-state index is 12.1. The lowest BCUT2D eigenvalue weighted by molar-refractivity contribution is 0.0331. The molecule has 1 atom stereocenters. The smallest absolute Gasteiger partial charge is 0.360 e. The summed E-state index contributed by atoms with van der Waals surface area (Å²) in [4.78, 5) is 16.3. The van der Waals surface area contributed by atoms with Gasteiger partial charge < -0.3 is 9.15 Å². The van der Waals surface area contributed by atoms with E-state index in [1.165, 1.54) is 6.26 Å². The van der Waals surface area contributed by atoms with Gasteiger partial charge in [-0.1, -0.05) is 48.5 Å². The van der Waals surface area contributed by atoms with Gasteiger partial charge in [0.2, 0.25) is 5.89 Å². The van der Waals surface area contributed by atoms with Crippen LogP contribution in [0.25, 0.3) is 11.5 Å². The molecule has 110 valence electrons. The maximum Gasteiger partial charge on any atom is 0.360 e. The first-order valence-electron chi connectivity index (χ1n) is 7.01. The van der Waals surface area contributed by atoms with Crippen molar-refractivity contribution >= 4 is 5.97 Å². The fourth-order valence-electron chi connectivity index (χ4n) is 2.09. The normalized spacial score (nSPS) is 11.9. The maximum absolute atomic E-state index is 12.1. The molecule has 2 aromatic carbocycles. The summed E-state index contributed by atoms with van der Waals surface area (Å²) in [5.41, 5.74) is 1.92. The number of carbonyl (C=O) groups is 1. The third-order valence-corrected chi connectivity index (χ3v) is 3.29. The van der Waals surface area contributed by atoms with Gasteiger partial charge >= 0.3 is 5.97 Å². The monoisotopic (exact) mass is 293 g/mol. The second-order valence-electron chi connectivity index (χ2n) is 4.86. The fraction of sp³-hybridized carbons (Fsp3) is 0.111. The number of rotatable bonds is 4. The minimum Gasteiger partial charge on any atom is -0.453 e. The zero-order valence-corrected chi connectivity index (χ0v) is 12.1. The van der Waals surface area contributed by atoms with Gasteiger partial charge in [0.25, 0.3) is 0 Å². The number of carbonyl (C=O) groups excluding carboxylic acids is 1. The van der Waals surface area contributed by atoms with Gasteiger partial charge in [-0.3, -0.25) is 0 Å². The highest BCUT2D eigenvalue weighted by molar-refractivity contribution is 5.87. The summed E-state index contributed by atoms with van der Waals surface area (Å²) in [6, 6.07) is 19.0. The van der Waals surface area contributed by atoms with Crippen LogP contribution in [0.3, 0.4) is 0 Å². The summed E-state index contributed by atoms with van der Waals surface area (Å²) in [6.07, 6.45) is 0.980. The molecule has 0 aliphatic heterocycles. The van der Waals surface area contributed by atoms with E-state index in [2.05, 4.69) is 4.98 Å². The minimum absolute atomic E-state index is 0.168. The largest absolute Gasteiger partial charge is 0.453 e. The minimum atomic E-state index is -0.498. The van der Waals surface area contributed by atoms with E-state index in [1.54, 1.807) is 0 Å². The van der Waals surface area contributed by atoms with Gasteiger partial charge in [0.05, 0.1) is 0 Å². The SMILES string of the molecule is C[C@H](OC(=O)c1coc(-c2ccccc2)n1)c1ccccc1. The molecule has 3 rings (SSSR count). The van der Waals surface area contributed by atoms with E-state index in [0.29, 0.717) is 5.89 Å². The Kier molecular flexibility index (Phi) is 4.01. The molecule has 0 spiro atoms. The van der Waals surface area contributed by atoms with Crippen LogP contribution in [0.4, 0.5) is 0 Å². The first-order valence-corrected chi connectivity index (χ1v) is 7.01. The Morgan fingerprint density at radius 1 is 1.05 bits per heavy atom. The average molecular weight is 293 g/mol. The zero-order valence-electron chi connectivity index (χ0n) is 12.1. The summed E-state index contributed by atoms with van der Waals surface area (Å²) < 4.78 is 10.8. The Morgan fingerprint density at radius 2 is 1.68 bits per heavy atom. The summed E-state index contributed by atoms with van der Waals surface area (Å²) in [7, 11) is 0. The first kappa shape index (κ1) is 14.1. The van der Waals surface area contributed by atoms with Crippen LogP contribution in [0, 0.1) is 0 Å². The highest BCUT2D eigenvalue weighted by Gasteiger charge is 2.18. The predicted molar refractivity (Wildman–Crippen MR) is 82.2 cm³/mol. The van der Waals surface area contributed by atoms with Gasteiger partial charge in [-0.25, -0.2) is 9.78 Å². The summed E-state index contributed by atoms with van der Waals surface area (Å²) in [5.74, 6) is -0.0952. The second-order valence-corrected chi connectivity index (χ2v) is 4.86. The molecular formula is C18H15NO3. The van der Waals surface area contributed by atoms with E-state index in [9.17, 15) is 4.79 Å². The number of oxazole rings is 1. The Labute approximate surface area is 128 Å². The van der Waals surface area contributed by atoms with E-state index < -0.39 is 5.97 Å².